The molecule has 38 heavy (non-hydrogen) atoms. The summed E-state index contributed by atoms with van der Waals surface area (Å²) in [5.74, 6) is -0.0324. The predicted octanol–water partition coefficient (Wildman–Crippen LogP) is 4.60. The van der Waals surface area contributed by atoms with Crippen molar-refractivity contribution in [3.63, 3.8) is 0 Å². The van der Waals surface area contributed by atoms with Crippen LogP contribution in [0.15, 0.2) is 51.5 Å². The SMILES string of the molecule is CC(N=C=O)c1ccc2c(c1)CCc1cc(C(C)N=C=O)ccc1C2(CCC[C@H](C)N)C1=NN(C)C(=O)C1. The molecule has 0 spiro atoms. The highest BCUT2D eigenvalue weighted by atomic mass is 16.2. The van der Waals surface area contributed by atoms with E-state index < -0.39 is 5.41 Å². The fraction of sp³-hybridized carbons (Fsp3) is 0.467. The minimum absolute atomic E-state index is 0.0324. The zero-order chi connectivity index (χ0) is 27.4. The molecule has 2 aromatic carbocycles. The number of nitrogens with two attached hydrogens (primary N) is 1. The third kappa shape index (κ3) is 5.16. The summed E-state index contributed by atoms with van der Waals surface area (Å²) >= 11 is 0. The molecule has 198 valence electrons. The normalized spacial score (nSPS) is 20.7. The molecule has 4 rings (SSSR count). The van der Waals surface area contributed by atoms with Crippen LogP contribution in [-0.4, -0.2) is 41.9 Å². The highest BCUT2D eigenvalue weighted by Crippen LogP contribution is 2.47. The van der Waals surface area contributed by atoms with Crippen LogP contribution in [0.1, 0.15) is 91.9 Å². The van der Waals surface area contributed by atoms with Crippen LogP contribution in [0.4, 0.5) is 0 Å². The molecular formula is C30H35N5O3. The van der Waals surface area contributed by atoms with E-state index in [2.05, 4.69) is 34.3 Å². The molecule has 8 heteroatoms. The Morgan fingerprint density at radius 1 is 0.974 bits per heavy atom. The summed E-state index contributed by atoms with van der Waals surface area (Å²) in [6.07, 6.45) is 7.58. The second-order valence-corrected chi connectivity index (χ2v) is 10.5. The van der Waals surface area contributed by atoms with Crippen LogP contribution in [0.5, 0.6) is 0 Å². The third-order valence-corrected chi connectivity index (χ3v) is 7.95. The van der Waals surface area contributed by atoms with E-state index in [1.54, 1.807) is 19.2 Å². The summed E-state index contributed by atoms with van der Waals surface area (Å²) in [5.41, 5.74) is 12.8. The average molecular weight is 514 g/mol. The number of benzene rings is 2. The minimum atomic E-state index is -0.623. The zero-order valence-corrected chi connectivity index (χ0v) is 22.5. The van der Waals surface area contributed by atoms with Gasteiger partial charge in [0.1, 0.15) is 0 Å². The van der Waals surface area contributed by atoms with Gasteiger partial charge in [0.15, 0.2) is 0 Å². The molecule has 1 aliphatic carbocycles. The molecular weight excluding hydrogens is 478 g/mol. The molecule has 0 radical (unpaired) electrons. The van der Waals surface area contributed by atoms with E-state index >= 15 is 0 Å². The van der Waals surface area contributed by atoms with E-state index in [1.807, 2.05) is 32.9 Å². The van der Waals surface area contributed by atoms with E-state index in [-0.39, 0.29) is 30.5 Å². The van der Waals surface area contributed by atoms with E-state index in [0.717, 1.165) is 71.2 Å². The van der Waals surface area contributed by atoms with Gasteiger partial charge in [-0.1, -0.05) is 42.8 Å². The molecule has 0 fully saturated rings. The van der Waals surface area contributed by atoms with E-state index in [0.29, 0.717) is 0 Å². The average Bonchev–Trinajstić information content (AvgIpc) is 3.16. The predicted molar refractivity (Wildman–Crippen MR) is 146 cm³/mol. The highest BCUT2D eigenvalue weighted by Gasteiger charge is 2.46. The second kappa shape index (κ2) is 11.4. The number of nitrogens with zero attached hydrogens (tertiary/aromatic N) is 4. The van der Waals surface area contributed by atoms with Crippen LogP contribution in [0.25, 0.3) is 0 Å². The second-order valence-electron chi connectivity index (χ2n) is 10.5. The molecule has 0 saturated carbocycles. The van der Waals surface area contributed by atoms with E-state index in [9.17, 15) is 14.4 Å². The number of rotatable bonds is 9. The van der Waals surface area contributed by atoms with Gasteiger partial charge >= 0.3 is 0 Å². The van der Waals surface area contributed by atoms with Gasteiger partial charge in [0, 0.05) is 13.1 Å². The molecule has 0 saturated heterocycles. The number of hydrogen-bond donors (Lipinski definition) is 1. The molecule has 3 atom stereocenters. The first-order valence-electron chi connectivity index (χ1n) is 13.2. The largest absolute Gasteiger partial charge is 0.328 e. The lowest BCUT2D eigenvalue weighted by Crippen LogP contribution is -2.38. The fourth-order valence-corrected chi connectivity index (χ4v) is 5.89. The zero-order valence-electron chi connectivity index (χ0n) is 22.5. The maximum absolute atomic E-state index is 12.8. The number of carbonyl (C=O) groups is 1. The summed E-state index contributed by atoms with van der Waals surface area (Å²) in [4.78, 5) is 42.5. The van der Waals surface area contributed by atoms with Gasteiger partial charge < -0.3 is 5.73 Å². The van der Waals surface area contributed by atoms with Gasteiger partial charge in [0.05, 0.1) is 29.6 Å². The van der Waals surface area contributed by atoms with Gasteiger partial charge in [-0.05, 0) is 79.8 Å². The number of hydrazone groups is 1. The molecule has 1 aliphatic heterocycles. The van der Waals surface area contributed by atoms with Gasteiger partial charge in [-0.15, -0.1) is 0 Å². The van der Waals surface area contributed by atoms with Crippen molar-refractivity contribution in [3.05, 3.63) is 69.8 Å². The van der Waals surface area contributed by atoms with Crippen molar-refractivity contribution in [3.8, 4) is 0 Å². The number of carbonyl (C=O) groups excluding carboxylic acids is 3. The lowest BCUT2D eigenvalue weighted by Gasteiger charge is -2.37. The van der Waals surface area contributed by atoms with Crippen LogP contribution in [0, 0.1) is 0 Å². The molecule has 1 heterocycles. The Balaban J connectivity index is 1.98. The molecule has 2 aromatic rings. The van der Waals surface area contributed by atoms with E-state index in [1.165, 1.54) is 5.01 Å². The third-order valence-electron chi connectivity index (χ3n) is 7.95. The van der Waals surface area contributed by atoms with Crippen LogP contribution in [-0.2, 0) is 32.6 Å². The number of aryl methyl sites for hydroxylation is 2. The number of fused-ring (bicyclic) bond motifs is 2. The van der Waals surface area contributed by atoms with Crippen molar-refractivity contribution in [2.45, 2.75) is 82.8 Å². The Labute approximate surface area is 223 Å². The molecule has 1 amide bonds. The number of hydrogen-bond acceptors (Lipinski definition) is 7. The van der Waals surface area contributed by atoms with Crippen LogP contribution >= 0.6 is 0 Å². The van der Waals surface area contributed by atoms with E-state index in [4.69, 9.17) is 10.8 Å². The summed E-state index contributed by atoms with van der Waals surface area (Å²) < 4.78 is 0. The Bertz CT molecular complexity index is 1280. The smallest absolute Gasteiger partial charge is 0.248 e. The first-order chi connectivity index (χ1) is 18.2. The van der Waals surface area contributed by atoms with Gasteiger partial charge in [0.2, 0.25) is 18.1 Å². The van der Waals surface area contributed by atoms with Crippen molar-refractivity contribution in [1.82, 2.24) is 5.01 Å². The lowest BCUT2D eigenvalue weighted by molar-refractivity contribution is -0.127. The lowest BCUT2D eigenvalue weighted by atomic mass is 9.65. The Morgan fingerprint density at radius 3 is 1.92 bits per heavy atom. The van der Waals surface area contributed by atoms with Crippen LogP contribution in [0.2, 0.25) is 0 Å². The van der Waals surface area contributed by atoms with Gasteiger partial charge in [0.25, 0.3) is 0 Å². The molecule has 0 aromatic heterocycles. The van der Waals surface area contributed by atoms with Crippen molar-refractivity contribution >= 4 is 23.8 Å². The number of amides is 1. The van der Waals surface area contributed by atoms with Crippen molar-refractivity contribution in [2.24, 2.45) is 20.8 Å². The number of aliphatic imine (C=N–C) groups is 2. The number of isocyanates is 2. The van der Waals surface area contributed by atoms with Crippen molar-refractivity contribution in [2.75, 3.05) is 7.05 Å². The van der Waals surface area contributed by atoms with Crippen molar-refractivity contribution in [1.29, 1.82) is 0 Å². The molecule has 0 bridgehead atoms. The van der Waals surface area contributed by atoms with Crippen molar-refractivity contribution < 1.29 is 14.4 Å². The first kappa shape index (κ1) is 27.3. The monoisotopic (exact) mass is 513 g/mol. The summed E-state index contributed by atoms with van der Waals surface area (Å²) in [6, 6.07) is 12.0. The fourth-order valence-electron chi connectivity index (χ4n) is 5.89. The Kier molecular flexibility index (Phi) is 8.17. The van der Waals surface area contributed by atoms with Gasteiger partial charge in [-0.25, -0.2) is 14.6 Å². The van der Waals surface area contributed by atoms with Gasteiger partial charge in [-0.2, -0.15) is 15.1 Å². The standard InChI is InChI=1S/C30H35N5O3/c1-19(31)6-5-13-30(28-16-29(38)35(4)34-28)26-11-9-22(20(2)32-17-36)14-24(26)7-8-25-15-23(10-12-27(25)30)21(3)33-18-37/h9-12,14-15,19-21H,5-8,13,16,31H2,1-4H3/t19-,20?,21?,30?/m0/s1. The quantitative estimate of drug-likeness (QED) is 0.389. The minimum Gasteiger partial charge on any atom is -0.328 e. The summed E-state index contributed by atoms with van der Waals surface area (Å²) in [7, 11) is 1.70. The maximum atomic E-state index is 12.8. The summed E-state index contributed by atoms with van der Waals surface area (Å²) in [5, 5.41) is 6.25. The first-order valence-corrected chi connectivity index (χ1v) is 13.2. The Morgan fingerprint density at radius 2 is 1.50 bits per heavy atom. The topological polar surface area (TPSA) is 118 Å². The summed E-state index contributed by atoms with van der Waals surface area (Å²) in [6.45, 7) is 5.77. The van der Waals surface area contributed by atoms with Crippen LogP contribution < -0.4 is 5.73 Å². The molecule has 2 N–H and O–H groups in total. The molecule has 2 aliphatic rings. The molecule has 8 nitrogen and oxygen atoms in total. The molecule has 2 unspecified atom stereocenters. The maximum Gasteiger partial charge on any atom is 0.248 e. The van der Waals surface area contributed by atoms with Gasteiger partial charge in [-0.3, -0.25) is 4.79 Å². The van der Waals surface area contributed by atoms with Crippen LogP contribution in [0.3, 0.4) is 0 Å². The Hall–Kier alpha value is -3.70. The highest BCUT2D eigenvalue weighted by molar-refractivity contribution is 6.12.